The summed E-state index contributed by atoms with van der Waals surface area (Å²) in [5, 5.41) is 0. The number of ether oxygens (including phenoxy) is 2. The van der Waals surface area contributed by atoms with Crippen molar-refractivity contribution < 1.29 is 14.3 Å². The molecule has 3 heteroatoms. The molecule has 0 saturated carbocycles. The Bertz CT molecular complexity index is 489. The molecule has 0 fully saturated rings. The standard InChI is InChI=1S/C15H18O3/c1-4-17-14-7-13-6-11(3)18-15(13)8-12(14)5-10(2)9-16/h5,7-9,11H,4,6H2,1-3H3. The molecule has 0 spiro atoms. The lowest BCUT2D eigenvalue weighted by Gasteiger charge is -2.10. The van der Waals surface area contributed by atoms with Gasteiger partial charge in [0.1, 0.15) is 23.9 Å². The molecular weight excluding hydrogens is 228 g/mol. The molecule has 1 unspecified atom stereocenters. The number of benzene rings is 1. The highest BCUT2D eigenvalue weighted by Gasteiger charge is 2.21. The number of rotatable bonds is 4. The summed E-state index contributed by atoms with van der Waals surface area (Å²) in [6.07, 6.45) is 3.78. The van der Waals surface area contributed by atoms with Gasteiger partial charge in [-0.3, -0.25) is 4.79 Å². The van der Waals surface area contributed by atoms with Crippen molar-refractivity contribution in [3.8, 4) is 11.5 Å². The van der Waals surface area contributed by atoms with Gasteiger partial charge in [0.2, 0.25) is 0 Å². The number of allylic oxidation sites excluding steroid dienone is 1. The molecular formula is C15H18O3. The van der Waals surface area contributed by atoms with Crippen molar-refractivity contribution in [2.24, 2.45) is 0 Å². The SMILES string of the molecule is CCOc1cc2c(cc1C=C(C)C=O)OC(C)C2. The quantitative estimate of drug-likeness (QED) is 0.605. The first kappa shape index (κ1) is 12.7. The summed E-state index contributed by atoms with van der Waals surface area (Å²) in [5.74, 6) is 1.71. The monoisotopic (exact) mass is 246 g/mol. The van der Waals surface area contributed by atoms with Gasteiger partial charge in [-0.25, -0.2) is 0 Å². The first-order valence-electron chi connectivity index (χ1n) is 6.24. The highest BCUT2D eigenvalue weighted by atomic mass is 16.5. The Morgan fingerprint density at radius 2 is 2.33 bits per heavy atom. The first-order chi connectivity index (χ1) is 8.63. The molecule has 18 heavy (non-hydrogen) atoms. The Labute approximate surface area is 107 Å². The third-order valence-corrected chi connectivity index (χ3v) is 2.90. The van der Waals surface area contributed by atoms with Gasteiger partial charge in [-0.15, -0.1) is 0 Å². The molecule has 0 aromatic heterocycles. The van der Waals surface area contributed by atoms with Crippen LogP contribution in [0.2, 0.25) is 0 Å². The van der Waals surface area contributed by atoms with Gasteiger partial charge in [0.25, 0.3) is 0 Å². The predicted molar refractivity (Wildman–Crippen MR) is 71.1 cm³/mol. The Kier molecular flexibility index (Phi) is 3.70. The first-order valence-corrected chi connectivity index (χ1v) is 6.24. The average molecular weight is 246 g/mol. The largest absolute Gasteiger partial charge is 0.493 e. The molecule has 3 nitrogen and oxygen atoms in total. The van der Waals surface area contributed by atoms with Gasteiger partial charge in [0, 0.05) is 17.5 Å². The molecule has 1 aromatic rings. The third-order valence-electron chi connectivity index (χ3n) is 2.90. The van der Waals surface area contributed by atoms with E-state index in [1.807, 2.05) is 32.1 Å². The molecule has 0 N–H and O–H groups in total. The fourth-order valence-corrected chi connectivity index (χ4v) is 2.13. The van der Waals surface area contributed by atoms with E-state index < -0.39 is 0 Å². The van der Waals surface area contributed by atoms with Crippen LogP contribution in [0.5, 0.6) is 11.5 Å². The molecule has 1 atom stereocenters. The van der Waals surface area contributed by atoms with E-state index in [1.54, 1.807) is 6.92 Å². The van der Waals surface area contributed by atoms with E-state index >= 15 is 0 Å². The zero-order chi connectivity index (χ0) is 13.1. The van der Waals surface area contributed by atoms with Crippen LogP contribution in [0.1, 0.15) is 31.9 Å². The van der Waals surface area contributed by atoms with Crippen LogP contribution < -0.4 is 9.47 Å². The summed E-state index contributed by atoms with van der Waals surface area (Å²) in [5.41, 5.74) is 2.74. The number of aldehydes is 1. The van der Waals surface area contributed by atoms with Crippen molar-refractivity contribution in [3.05, 3.63) is 28.8 Å². The summed E-state index contributed by atoms with van der Waals surface area (Å²) in [4.78, 5) is 10.7. The molecule has 0 saturated heterocycles. The zero-order valence-corrected chi connectivity index (χ0v) is 11.0. The Morgan fingerprint density at radius 1 is 1.56 bits per heavy atom. The Morgan fingerprint density at radius 3 is 3.00 bits per heavy atom. The second-order valence-electron chi connectivity index (χ2n) is 4.57. The molecule has 1 aliphatic rings. The third kappa shape index (κ3) is 2.55. The summed E-state index contributed by atoms with van der Waals surface area (Å²) in [7, 11) is 0. The maximum atomic E-state index is 10.7. The van der Waals surface area contributed by atoms with E-state index in [1.165, 1.54) is 5.56 Å². The Balaban J connectivity index is 2.44. The normalized spacial score (nSPS) is 18.2. The summed E-state index contributed by atoms with van der Waals surface area (Å²) >= 11 is 0. The van der Waals surface area contributed by atoms with Crippen LogP contribution in [0.25, 0.3) is 6.08 Å². The highest BCUT2D eigenvalue weighted by molar-refractivity contribution is 5.82. The number of carbonyl (C=O) groups excluding carboxylic acids is 1. The van der Waals surface area contributed by atoms with Crippen LogP contribution in [-0.4, -0.2) is 19.0 Å². The fourth-order valence-electron chi connectivity index (χ4n) is 2.13. The van der Waals surface area contributed by atoms with Crippen molar-refractivity contribution in [2.75, 3.05) is 6.61 Å². The topological polar surface area (TPSA) is 35.5 Å². The van der Waals surface area contributed by atoms with Crippen LogP contribution >= 0.6 is 0 Å². The van der Waals surface area contributed by atoms with Crippen molar-refractivity contribution in [1.29, 1.82) is 0 Å². The summed E-state index contributed by atoms with van der Waals surface area (Å²) in [6.45, 7) is 6.38. The van der Waals surface area contributed by atoms with Crippen LogP contribution in [0.3, 0.4) is 0 Å². The number of fused-ring (bicyclic) bond motifs is 1. The Hall–Kier alpha value is -1.77. The van der Waals surface area contributed by atoms with E-state index in [4.69, 9.17) is 9.47 Å². The minimum absolute atomic E-state index is 0.209. The maximum absolute atomic E-state index is 10.7. The lowest BCUT2D eigenvalue weighted by atomic mass is 10.0. The van der Waals surface area contributed by atoms with Gasteiger partial charge >= 0.3 is 0 Å². The van der Waals surface area contributed by atoms with Gasteiger partial charge < -0.3 is 9.47 Å². The van der Waals surface area contributed by atoms with E-state index in [2.05, 4.69) is 0 Å². The van der Waals surface area contributed by atoms with E-state index in [0.29, 0.717) is 12.2 Å². The molecule has 0 amide bonds. The van der Waals surface area contributed by atoms with E-state index in [9.17, 15) is 4.79 Å². The number of carbonyl (C=O) groups is 1. The second-order valence-corrected chi connectivity index (χ2v) is 4.57. The summed E-state index contributed by atoms with van der Waals surface area (Å²) < 4.78 is 11.3. The lowest BCUT2D eigenvalue weighted by Crippen LogP contribution is -2.05. The number of hydrogen-bond acceptors (Lipinski definition) is 3. The van der Waals surface area contributed by atoms with Crippen LogP contribution in [0.15, 0.2) is 17.7 Å². The molecule has 2 rings (SSSR count). The lowest BCUT2D eigenvalue weighted by molar-refractivity contribution is -0.104. The van der Waals surface area contributed by atoms with Gasteiger partial charge in [-0.2, -0.15) is 0 Å². The van der Waals surface area contributed by atoms with Crippen LogP contribution in [0.4, 0.5) is 0 Å². The molecule has 1 heterocycles. The smallest absolute Gasteiger partial charge is 0.145 e. The van der Waals surface area contributed by atoms with Gasteiger partial charge in [-0.1, -0.05) is 0 Å². The molecule has 96 valence electrons. The minimum atomic E-state index is 0.209. The molecule has 1 aromatic carbocycles. The highest BCUT2D eigenvalue weighted by Crippen LogP contribution is 2.35. The molecule has 0 aliphatic carbocycles. The van der Waals surface area contributed by atoms with Crippen LogP contribution in [0, 0.1) is 0 Å². The average Bonchev–Trinajstić information content (AvgIpc) is 2.69. The van der Waals surface area contributed by atoms with Gasteiger partial charge in [0.15, 0.2) is 0 Å². The summed E-state index contributed by atoms with van der Waals surface area (Å²) in [6, 6.07) is 3.98. The van der Waals surface area contributed by atoms with Gasteiger partial charge in [0.05, 0.1) is 6.61 Å². The molecule has 0 bridgehead atoms. The van der Waals surface area contributed by atoms with Crippen molar-refractivity contribution in [1.82, 2.24) is 0 Å². The number of hydrogen-bond donors (Lipinski definition) is 0. The minimum Gasteiger partial charge on any atom is -0.493 e. The van der Waals surface area contributed by atoms with Crippen LogP contribution in [-0.2, 0) is 11.2 Å². The fraction of sp³-hybridized carbons (Fsp3) is 0.400. The van der Waals surface area contributed by atoms with Crippen molar-refractivity contribution in [3.63, 3.8) is 0 Å². The zero-order valence-electron chi connectivity index (χ0n) is 11.0. The molecule has 1 aliphatic heterocycles. The second kappa shape index (κ2) is 5.25. The van der Waals surface area contributed by atoms with Gasteiger partial charge in [-0.05, 0) is 44.6 Å². The molecule has 0 radical (unpaired) electrons. The van der Waals surface area contributed by atoms with E-state index in [0.717, 1.165) is 29.8 Å². The predicted octanol–water partition coefficient (Wildman–Crippen LogP) is 3.01. The van der Waals surface area contributed by atoms with E-state index in [-0.39, 0.29) is 6.10 Å². The van der Waals surface area contributed by atoms with Crippen molar-refractivity contribution in [2.45, 2.75) is 33.3 Å². The van der Waals surface area contributed by atoms with Crippen molar-refractivity contribution >= 4 is 12.4 Å². The maximum Gasteiger partial charge on any atom is 0.145 e.